The Kier molecular flexibility index (Phi) is 17.3. The topological polar surface area (TPSA) is 156 Å². The van der Waals surface area contributed by atoms with Crippen molar-refractivity contribution in [2.24, 2.45) is 0 Å². The van der Waals surface area contributed by atoms with Gasteiger partial charge in [-0.15, -0.1) is 11.3 Å². The third kappa shape index (κ3) is 12.7. The molecule has 4 N–H and O–H groups in total. The SMILES string of the molecule is CCC(CC)N(CCN(C)C(=O)CCC(=O)O)Cc1cccc(C(=O)Nc2sc3c(c2C(=O)Nc2ccc(CCc4ccc(C(=O)O)cc4)cc2)CCCC3)c1.[H-].[H-].[Mg+2]. The number of carbonyl (C=O) groups is 5. The van der Waals surface area contributed by atoms with Crippen LogP contribution in [0.5, 0.6) is 0 Å². The molecule has 1 aromatic heterocycles. The first-order chi connectivity index (χ1) is 26.9. The van der Waals surface area contributed by atoms with Crippen molar-refractivity contribution in [2.45, 2.75) is 90.6 Å². The van der Waals surface area contributed by atoms with E-state index in [1.165, 1.54) is 11.3 Å². The van der Waals surface area contributed by atoms with Gasteiger partial charge in [0.2, 0.25) is 5.91 Å². The second kappa shape index (κ2) is 21.8. The van der Waals surface area contributed by atoms with Crippen LogP contribution in [0, 0.1) is 0 Å². The standard InChI is InChI=1S/C44H52N4O7S.Mg.2H/c1-4-35(5-2)48(26-25-47(3)38(49)23-24-39(50)51)28-31-9-8-10-33(27-31)41(52)46-43-40(36-11-6-7-12-37(36)56-43)42(53)45-34-21-17-30(18-22-34)14-13-29-15-19-32(20-16-29)44(54)55;;;/h8-10,15-22,27,35H,4-7,11-14,23-26,28H2,1-3H3,(H,45,53)(H,46,52)(H,50,51)(H,54,55);;;/q;+2;2*-1. The van der Waals surface area contributed by atoms with E-state index in [4.69, 9.17) is 10.2 Å². The van der Waals surface area contributed by atoms with E-state index < -0.39 is 11.9 Å². The van der Waals surface area contributed by atoms with Crippen LogP contribution in [-0.2, 0) is 41.8 Å². The molecular weight excluding hydrogens is 753 g/mol. The minimum atomic E-state index is -0.993. The Morgan fingerprint density at radius 2 is 1.42 bits per heavy atom. The van der Waals surface area contributed by atoms with Crippen LogP contribution in [0.2, 0.25) is 0 Å². The molecule has 3 amide bonds. The minimum Gasteiger partial charge on any atom is -1.00 e. The van der Waals surface area contributed by atoms with Gasteiger partial charge < -0.3 is 28.6 Å². The van der Waals surface area contributed by atoms with Gasteiger partial charge in [-0.2, -0.15) is 0 Å². The Labute approximate surface area is 358 Å². The second-order valence-corrected chi connectivity index (χ2v) is 15.5. The van der Waals surface area contributed by atoms with Crippen molar-refractivity contribution in [2.75, 3.05) is 30.8 Å². The van der Waals surface area contributed by atoms with Crippen molar-refractivity contribution in [3.63, 3.8) is 0 Å². The molecule has 0 atom stereocenters. The van der Waals surface area contributed by atoms with Crippen molar-refractivity contribution in [3.05, 3.63) is 117 Å². The number of carbonyl (C=O) groups excluding carboxylic acids is 3. The van der Waals surface area contributed by atoms with Gasteiger partial charge in [0.15, 0.2) is 0 Å². The summed E-state index contributed by atoms with van der Waals surface area (Å²) in [7, 11) is 1.70. The monoisotopic (exact) mass is 806 g/mol. The number of aliphatic carboxylic acids is 1. The van der Waals surface area contributed by atoms with E-state index in [2.05, 4.69) is 29.4 Å². The largest absolute Gasteiger partial charge is 2.00 e. The number of likely N-dealkylation sites (N-methyl/N-ethyl adjacent to an activating group) is 1. The zero-order valence-corrected chi connectivity index (χ0v) is 35.4. The van der Waals surface area contributed by atoms with Crippen LogP contribution in [0.1, 0.15) is 113 Å². The number of fused-ring (bicyclic) bond motifs is 1. The van der Waals surface area contributed by atoms with Crippen molar-refractivity contribution in [1.29, 1.82) is 0 Å². The molecule has 5 rings (SSSR count). The molecule has 13 heteroatoms. The van der Waals surface area contributed by atoms with Gasteiger partial charge in [0.1, 0.15) is 5.00 Å². The fraction of sp³-hybridized carbons (Fsp3) is 0.386. The number of nitrogens with one attached hydrogen (secondary N) is 2. The fourth-order valence-electron chi connectivity index (χ4n) is 7.17. The summed E-state index contributed by atoms with van der Waals surface area (Å²) in [5, 5.41) is 24.8. The number of benzene rings is 3. The van der Waals surface area contributed by atoms with E-state index in [-0.39, 0.29) is 68.1 Å². The third-order valence-corrected chi connectivity index (χ3v) is 11.7. The van der Waals surface area contributed by atoms with E-state index in [1.807, 2.05) is 54.6 Å². The zero-order valence-electron chi connectivity index (χ0n) is 35.1. The molecule has 0 radical (unpaired) electrons. The van der Waals surface area contributed by atoms with Crippen molar-refractivity contribution in [3.8, 4) is 0 Å². The predicted molar refractivity (Wildman–Crippen MR) is 228 cm³/mol. The first-order valence-electron chi connectivity index (χ1n) is 19.4. The second-order valence-electron chi connectivity index (χ2n) is 14.4. The van der Waals surface area contributed by atoms with Crippen LogP contribution >= 0.6 is 11.3 Å². The van der Waals surface area contributed by atoms with Crippen LogP contribution in [-0.4, -0.2) is 98.9 Å². The molecule has 4 aromatic rings. The van der Waals surface area contributed by atoms with Crippen LogP contribution in [0.15, 0.2) is 72.8 Å². The smallest absolute Gasteiger partial charge is 1.00 e. The number of rotatable bonds is 19. The van der Waals surface area contributed by atoms with E-state index in [0.29, 0.717) is 41.4 Å². The van der Waals surface area contributed by atoms with Gasteiger partial charge in [-0.05, 0) is 110 Å². The molecule has 0 unspecified atom stereocenters. The number of aryl methyl sites for hydroxylation is 3. The van der Waals surface area contributed by atoms with Gasteiger partial charge in [-0.25, -0.2) is 4.79 Å². The molecule has 1 aliphatic carbocycles. The summed E-state index contributed by atoms with van der Waals surface area (Å²) < 4.78 is 0. The molecule has 0 bridgehead atoms. The van der Waals surface area contributed by atoms with Crippen LogP contribution in [0.3, 0.4) is 0 Å². The summed E-state index contributed by atoms with van der Waals surface area (Å²) in [6.07, 6.45) is 6.78. The molecule has 0 saturated carbocycles. The molecule has 300 valence electrons. The summed E-state index contributed by atoms with van der Waals surface area (Å²) in [4.78, 5) is 67.3. The van der Waals surface area contributed by atoms with E-state index in [0.717, 1.165) is 78.5 Å². The maximum atomic E-state index is 13.9. The number of hydrogen-bond donors (Lipinski definition) is 4. The number of hydrogen-bond acceptors (Lipinski definition) is 7. The van der Waals surface area contributed by atoms with Crippen molar-refractivity contribution in [1.82, 2.24) is 9.80 Å². The van der Waals surface area contributed by atoms with Gasteiger partial charge in [0.05, 0.1) is 17.5 Å². The number of carboxylic acid groups (broad SMARTS) is 2. The Morgan fingerprint density at radius 3 is 2.05 bits per heavy atom. The molecule has 57 heavy (non-hydrogen) atoms. The van der Waals surface area contributed by atoms with Gasteiger partial charge in [-0.1, -0.05) is 50.2 Å². The molecule has 3 aromatic carbocycles. The zero-order chi connectivity index (χ0) is 40.2. The Hall–Kier alpha value is -4.56. The Balaban J connectivity index is 0.00000400. The molecule has 1 aliphatic rings. The number of amides is 3. The number of thiophene rings is 1. The summed E-state index contributed by atoms with van der Waals surface area (Å²) in [6.45, 7) is 5.89. The molecule has 0 spiro atoms. The molecule has 1 heterocycles. The maximum Gasteiger partial charge on any atom is 2.00 e. The summed E-state index contributed by atoms with van der Waals surface area (Å²) in [5.41, 5.74) is 6.01. The van der Waals surface area contributed by atoms with Crippen molar-refractivity contribution >= 4 is 74.7 Å². The Bertz CT molecular complexity index is 2020. The number of carboxylic acids is 2. The van der Waals surface area contributed by atoms with Gasteiger partial charge in [-0.3, -0.25) is 24.1 Å². The summed E-state index contributed by atoms with van der Waals surface area (Å²) in [6, 6.07) is 22.4. The maximum absolute atomic E-state index is 13.9. The van der Waals surface area contributed by atoms with Gasteiger partial charge >= 0.3 is 35.0 Å². The van der Waals surface area contributed by atoms with Crippen LogP contribution < -0.4 is 10.6 Å². The van der Waals surface area contributed by atoms with E-state index >= 15 is 0 Å². The normalized spacial score (nSPS) is 12.1. The van der Waals surface area contributed by atoms with Gasteiger partial charge in [0, 0.05) is 55.3 Å². The van der Waals surface area contributed by atoms with Crippen molar-refractivity contribution < 1.29 is 37.0 Å². The average Bonchev–Trinajstić information content (AvgIpc) is 3.57. The summed E-state index contributed by atoms with van der Waals surface area (Å²) in [5.74, 6) is -2.69. The Morgan fingerprint density at radius 1 is 0.772 bits per heavy atom. The fourth-order valence-corrected chi connectivity index (χ4v) is 8.45. The third-order valence-electron chi connectivity index (χ3n) is 10.5. The molecular formula is C44H54MgN4O7S. The minimum absolute atomic E-state index is 0. The molecule has 0 saturated heterocycles. The number of aromatic carboxylic acids is 1. The average molecular weight is 807 g/mol. The predicted octanol–water partition coefficient (Wildman–Crippen LogP) is 7.77. The van der Waals surface area contributed by atoms with Crippen LogP contribution in [0.25, 0.3) is 0 Å². The first kappa shape index (κ1) is 45.1. The molecule has 11 nitrogen and oxygen atoms in total. The first-order valence-corrected chi connectivity index (χ1v) is 20.2. The van der Waals surface area contributed by atoms with Crippen LogP contribution in [0.4, 0.5) is 10.7 Å². The molecule has 0 fully saturated rings. The van der Waals surface area contributed by atoms with E-state index in [9.17, 15) is 24.0 Å². The summed E-state index contributed by atoms with van der Waals surface area (Å²) >= 11 is 1.48. The van der Waals surface area contributed by atoms with Gasteiger partial charge in [0.25, 0.3) is 11.8 Å². The quantitative estimate of drug-likeness (QED) is 0.0701. The number of anilines is 2. The number of nitrogens with zero attached hydrogens (tertiary/aromatic N) is 2. The van der Waals surface area contributed by atoms with E-state index in [1.54, 1.807) is 30.1 Å². The molecule has 0 aliphatic heterocycles.